The highest BCUT2D eigenvalue weighted by Gasteiger charge is 2.42. The number of sulfonamides is 1. The quantitative estimate of drug-likeness (QED) is 0.465. The summed E-state index contributed by atoms with van der Waals surface area (Å²) in [4.78, 5) is 34.5. The summed E-state index contributed by atoms with van der Waals surface area (Å²) in [7, 11) is -4.39. The predicted molar refractivity (Wildman–Crippen MR) is 83.8 cm³/mol. The Hall–Kier alpha value is -2.04. The van der Waals surface area contributed by atoms with Gasteiger partial charge in [-0.15, -0.1) is 0 Å². The van der Waals surface area contributed by atoms with Gasteiger partial charge in [0.2, 0.25) is 21.8 Å². The van der Waals surface area contributed by atoms with Gasteiger partial charge in [0.25, 0.3) is 5.69 Å². The summed E-state index contributed by atoms with van der Waals surface area (Å²) in [5.41, 5.74) is -0.715. The van der Waals surface area contributed by atoms with Gasteiger partial charge in [0.15, 0.2) is 4.90 Å². The zero-order chi connectivity index (χ0) is 18.2. The van der Waals surface area contributed by atoms with E-state index >= 15 is 0 Å². The lowest BCUT2D eigenvalue weighted by molar-refractivity contribution is -0.387. The second-order valence-corrected chi connectivity index (χ2v) is 7.56. The molecule has 9 nitrogen and oxygen atoms in total. The van der Waals surface area contributed by atoms with Crippen LogP contribution in [0.25, 0.3) is 0 Å². The van der Waals surface area contributed by atoms with E-state index in [4.69, 9.17) is 11.6 Å². The first-order valence-electron chi connectivity index (χ1n) is 6.86. The molecule has 0 spiro atoms. The second-order valence-electron chi connectivity index (χ2n) is 5.44. The normalized spacial score (nSPS) is 18.5. The van der Waals surface area contributed by atoms with Crippen LogP contribution in [-0.2, 0) is 19.6 Å². The van der Waals surface area contributed by atoms with E-state index in [-0.39, 0.29) is 11.4 Å². The SMILES string of the molecule is CC(C)N1C(=O)CC(NS(=O)(=O)c2ccc(Cl)cc2[N+](=O)[O-])C1=O. The maximum absolute atomic E-state index is 12.4. The fourth-order valence-electron chi connectivity index (χ4n) is 2.40. The van der Waals surface area contributed by atoms with Crippen LogP contribution in [0.4, 0.5) is 5.69 Å². The van der Waals surface area contributed by atoms with Crippen molar-refractivity contribution in [1.82, 2.24) is 9.62 Å². The van der Waals surface area contributed by atoms with Gasteiger partial charge >= 0.3 is 0 Å². The van der Waals surface area contributed by atoms with Crippen molar-refractivity contribution in [1.29, 1.82) is 0 Å². The minimum absolute atomic E-state index is 0.00115. The maximum atomic E-state index is 12.4. The van der Waals surface area contributed by atoms with E-state index in [1.807, 2.05) is 0 Å². The van der Waals surface area contributed by atoms with Crippen LogP contribution in [-0.4, -0.2) is 42.1 Å². The molecule has 11 heteroatoms. The number of benzene rings is 1. The van der Waals surface area contributed by atoms with Crippen LogP contribution in [0.2, 0.25) is 5.02 Å². The largest absolute Gasteiger partial charge is 0.290 e. The number of nitro groups is 1. The zero-order valence-electron chi connectivity index (χ0n) is 12.7. The van der Waals surface area contributed by atoms with E-state index in [9.17, 15) is 28.1 Å². The summed E-state index contributed by atoms with van der Waals surface area (Å²) >= 11 is 5.65. The van der Waals surface area contributed by atoms with Gasteiger partial charge in [0, 0.05) is 17.1 Å². The number of imide groups is 1. The van der Waals surface area contributed by atoms with E-state index in [0.717, 1.165) is 17.0 Å². The second kappa shape index (κ2) is 6.46. The summed E-state index contributed by atoms with van der Waals surface area (Å²) < 4.78 is 26.9. The summed E-state index contributed by atoms with van der Waals surface area (Å²) in [6.45, 7) is 3.24. The van der Waals surface area contributed by atoms with Gasteiger partial charge in [-0.25, -0.2) is 8.42 Å². The van der Waals surface area contributed by atoms with Gasteiger partial charge < -0.3 is 0 Å². The number of hydrogen-bond donors (Lipinski definition) is 1. The van der Waals surface area contributed by atoms with Crippen molar-refractivity contribution in [2.45, 2.75) is 37.2 Å². The average molecular weight is 376 g/mol. The van der Waals surface area contributed by atoms with Crippen LogP contribution in [0.1, 0.15) is 20.3 Å². The number of nitrogens with zero attached hydrogens (tertiary/aromatic N) is 2. The lowest BCUT2D eigenvalue weighted by Gasteiger charge is -2.19. The number of carbonyl (C=O) groups excluding carboxylic acids is 2. The molecule has 2 amide bonds. The molecular formula is C13H14ClN3O6S. The molecule has 0 aromatic heterocycles. The summed E-state index contributed by atoms with van der Waals surface area (Å²) in [5, 5.41) is 11.0. The van der Waals surface area contributed by atoms with Gasteiger partial charge in [0.05, 0.1) is 11.3 Å². The molecule has 1 unspecified atom stereocenters. The van der Waals surface area contributed by atoms with E-state index < -0.39 is 49.4 Å². The van der Waals surface area contributed by atoms with Crippen molar-refractivity contribution in [3.8, 4) is 0 Å². The highest BCUT2D eigenvalue weighted by Crippen LogP contribution is 2.28. The topological polar surface area (TPSA) is 127 Å². The van der Waals surface area contributed by atoms with Gasteiger partial charge in [-0.05, 0) is 26.0 Å². The van der Waals surface area contributed by atoms with Crippen molar-refractivity contribution in [2.75, 3.05) is 0 Å². The van der Waals surface area contributed by atoms with Crippen molar-refractivity contribution < 1.29 is 22.9 Å². The van der Waals surface area contributed by atoms with Crippen LogP contribution < -0.4 is 4.72 Å². The summed E-state index contributed by atoms with van der Waals surface area (Å²) in [6.07, 6.45) is -0.336. The number of amides is 2. The number of nitrogens with one attached hydrogen (secondary N) is 1. The smallest absolute Gasteiger partial charge is 0.279 e. The first-order valence-corrected chi connectivity index (χ1v) is 8.73. The van der Waals surface area contributed by atoms with Gasteiger partial charge in [-0.2, -0.15) is 4.72 Å². The molecule has 1 heterocycles. The standard InChI is InChI=1S/C13H14ClN3O6S/c1-7(2)16-12(18)6-9(13(16)19)15-24(22,23)11-4-3-8(14)5-10(11)17(20)21/h3-5,7,9,15H,6H2,1-2H3. The molecule has 24 heavy (non-hydrogen) atoms. The third-order valence-electron chi connectivity index (χ3n) is 3.40. The van der Waals surface area contributed by atoms with E-state index in [1.165, 1.54) is 6.07 Å². The first-order chi connectivity index (χ1) is 11.0. The molecule has 0 saturated carbocycles. The monoisotopic (exact) mass is 375 g/mol. The van der Waals surface area contributed by atoms with Crippen molar-refractivity contribution >= 4 is 39.1 Å². The molecule has 1 atom stereocenters. The lowest BCUT2D eigenvalue weighted by atomic mass is 10.3. The minimum Gasteiger partial charge on any atom is -0.279 e. The molecule has 0 radical (unpaired) electrons. The maximum Gasteiger partial charge on any atom is 0.290 e. The minimum atomic E-state index is -4.39. The Morgan fingerprint density at radius 2 is 2.00 bits per heavy atom. The molecule has 0 aliphatic carbocycles. The molecule has 1 aliphatic heterocycles. The van der Waals surface area contributed by atoms with Gasteiger partial charge in [-0.3, -0.25) is 24.6 Å². The van der Waals surface area contributed by atoms with Crippen LogP contribution >= 0.6 is 11.6 Å². The Labute approximate surface area is 142 Å². The fourth-order valence-corrected chi connectivity index (χ4v) is 3.90. The van der Waals surface area contributed by atoms with Crippen molar-refractivity contribution in [3.63, 3.8) is 0 Å². The summed E-state index contributed by atoms with van der Waals surface area (Å²) in [6, 6.07) is 1.36. The Balaban J connectivity index is 2.35. The number of rotatable bonds is 5. The molecule has 1 fully saturated rings. The first kappa shape index (κ1) is 18.3. The van der Waals surface area contributed by atoms with Crippen LogP contribution in [0.15, 0.2) is 23.1 Å². The molecule has 130 valence electrons. The lowest BCUT2D eigenvalue weighted by Crippen LogP contribution is -2.43. The Kier molecular flexibility index (Phi) is 4.92. The Bertz CT molecular complexity index is 823. The molecule has 1 aliphatic rings. The van der Waals surface area contributed by atoms with Gasteiger partial charge in [-0.1, -0.05) is 11.6 Å². The number of likely N-dealkylation sites (tertiary alicyclic amines) is 1. The third kappa shape index (κ3) is 3.40. The highest BCUT2D eigenvalue weighted by molar-refractivity contribution is 7.89. The van der Waals surface area contributed by atoms with Crippen molar-refractivity contribution in [3.05, 3.63) is 33.3 Å². The average Bonchev–Trinajstić information content (AvgIpc) is 2.72. The molecular weight excluding hydrogens is 362 g/mol. The fraction of sp³-hybridized carbons (Fsp3) is 0.385. The highest BCUT2D eigenvalue weighted by atomic mass is 35.5. The van der Waals surface area contributed by atoms with E-state index in [1.54, 1.807) is 13.8 Å². The number of halogens is 1. The molecule has 0 bridgehead atoms. The molecule has 2 rings (SSSR count). The number of hydrogen-bond acceptors (Lipinski definition) is 6. The molecule has 1 N–H and O–H groups in total. The number of nitro benzene ring substituents is 1. The predicted octanol–water partition coefficient (Wildman–Crippen LogP) is 1.06. The molecule has 1 aromatic carbocycles. The summed E-state index contributed by atoms with van der Waals surface area (Å²) in [5.74, 6) is -1.19. The number of carbonyl (C=O) groups is 2. The van der Waals surface area contributed by atoms with Crippen molar-refractivity contribution in [2.24, 2.45) is 0 Å². The Morgan fingerprint density at radius 3 is 2.50 bits per heavy atom. The molecule has 1 saturated heterocycles. The van der Waals surface area contributed by atoms with E-state index in [0.29, 0.717) is 0 Å². The van der Waals surface area contributed by atoms with Gasteiger partial charge in [0.1, 0.15) is 6.04 Å². The van der Waals surface area contributed by atoms with E-state index in [2.05, 4.69) is 4.72 Å². The van der Waals surface area contributed by atoms with Crippen LogP contribution in [0.5, 0.6) is 0 Å². The van der Waals surface area contributed by atoms with Crippen LogP contribution in [0, 0.1) is 10.1 Å². The Morgan fingerprint density at radius 1 is 1.38 bits per heavy atom. The molecule has 1 aromatic rings. The van der Waals surface area contributed by atoms with Crippen LogP contribution in [0.3, 0.4) is 0 Å². The third-order valence-corrected chi connectivity index (χ3v) is 5.16. The zero-order valence-corrected chi connectivity index (χ0v) is 14.3.